The zero-order chi connectivity index (χ0) is 41.2. The van der Waals surface area contributed by atoms with Crippen LogP contribution in [-0.4, -0.2) is 61.3 Å². The summed E-state index contributed by atoms with van der Waals surface area (Å²) >= 11 is 0. The first kappa shape index (κ1) is 42.4. The number of esters is 1. The third kappa shape index (κ3) is 6.17. The van der Waals surface area contributed by atoms with Crippen molar-refractivity contribution in [1.29, 1.82) is 0 Å². The lowest BCUT2D eigenvalue weighted by Crippen LogP contribution is -2.74. The lowest BCUT2D eigenvalue weighted by atomic mass is 9.31. The Morgan fingerprint density at radius 3 is 2.30 bits per heavy atom. The number of primary amides is 1. The normalized spacial score (nSPS) is 39.3. The number of ether oxygens (including phenoxy) is 4. The molecule has 10 heteroatoms. The molecule has 5 aliphatic rings. The first-order valence-corrected chi connectivity index (χ1v) is 21.1. The van der Waals surface area contributed by atoms with Gasteiger partial charge in [-0.05, 0) is 91.6 Å². The average Bonchev–Trinajstić information content (AvgIpc) is 3.12. The van der Waals surface area contributed by atoms with Crippen LogP contribution in [0.4, 0.5) is 4.79 Å². The van der Waals surface area contributed by atoms with E-state index in [1.54, 1.807) is 0 Å². The Morgan fingerprint density at radius 2 is 1.70 bits per heavy atom. The molecule has 1 aromatic rings. The van der Waals surface area contributed by atoms with Crippen molar-refractivity contribution in [2.24, 2.45) is 68.3 Å². The Morgan fingerprint density at radius 1 is 1.02 bits per heavy atom. The number of amides is 2. The van der Waals surface area contributed by atoms with Crippen LogP contribution in [0.3, 0.4) is 0 Å². The van der Waals surface area contributed by atoms with Crippen LogP contribution in [0.2, 0.25) is 0 Å². The van der Waals surface area contributed by atoms with Crippen LogP contribution in [0.1, 0.15) is 114 Å². The largest absolute Gasteiger partial charge is 0.460 e. The molecule has 3 N–H and O–H groups in total. The van der Waals surface area contributed by atoms with Gasteiger partial charge in [-0.1, -0.05) is 98.2 Å². The number of hydrogen-bond donors (Lipinski definition) is 2. The van der Waals surface area contributed by atoms with E-state index in [0.717, 1.165) is 36.8 Å². The van der Waals surface area contributed by atoms with Crippen LogP contribution in [0.15, 0.2) is 42.0 Å². The van der Waals surface area contributed by atoms with Gasteiger partial charge in [0.05, 0.1) is 36.2 Å². The Balaban J connectivity index is 1.35. The van der Waals surface area contributed by atoms with Gasteiger partial charge in [0.15, 0.2) is 5.78 Å². The maximum atomic E-state index is 15.3. The summed E-state index contributed by atoms with van der Waals surface area (Å²) in [5.74, 6) is -0.723. The second-order valence-corrected chi connectivity index (χ2v) is 19.9. The molecule has 12 atom stereocenters. The summed E-state index contributed by atoms with van der Waals surface area (Å²) in [4.78, 5) is 55.3. The third-order valence-electron chi connectivity index (χ3n) is 16.8. The predicted molar refractivity (Wildman–Crippen MR) is 214 cm³/mol. The summed E-state index contributed by atoms with van der Waals surface area (Å²) in [5, 5.41) is 3.09. The summed E-state index contributed by atoms with van der Waals surface area (Å²) in [6.45, 7) is 23.6. The molecule has 4 fully saturated rings. The van der Waals surface area contributed by atoms with E-state index in [1.807, 2.05) is 57.2 Å². The molecule has 1 aliphatic heterocycles. The fourth-order valence-electron chi connectivity index (χ4n) is 13.0. The molecule has 4 aliphatic carbocycles. The summed E-state index contributed by atoms with van der Waals surface area (Å²) in [5.41, 5.74) is 3.98. The van der Waals surface area contributed by atoms with Crippen LogP contribution >= 0.6 is 0 Å². The first-order valence-electron chi connectivity index (χ1n) is 21.1. The van der Waals surface area contributed by atoms with Crippen molar-refractivity contribution >= 4 is 23.8 Å². The number of nitrogens with one attached hydrogen (secondary N) is 1. The van der Waals surface area contributed by atoms with E-state index in [0.29, 0.717) is 19.6 Å². The number of carbonyl (C=O) groups is 4. The fourth-order valence-corrected chi connectivity index (χ4v) is 13.0. The Bertz CT molecular complexity index is 1730. The summed E-state index contributed by atoms with van der Waals surface area (Å²) in [7, 11) is 0. The molecule has 2 bridgehead atoms. The number of nitrogens with two attached hydrogens (primary N) is 1. The minimum atomic E-state index is -1.02. The number of alkyl carbamates (subject to hydrolysis) is 1. The standard InChI is InChI=1S/C46H68N2O8/c1-27(2)30(6)46(39(47)51)29(5)19-20-42(9)33-17-18-36-41(8)24-53-26-45(36,34(33)21-37(50)44(42,46)11)22-35(56-31(7)49)38(41)55-25-43(10,28(3)4)48-40(52)54-23-32-15-13-12-14-16-32/h12-16,21,27-30,33,35-36,38H,17-20,22-26H2,1-11H3,(H2,47,51)(H,48,52)/t29?,30-,33+,35-,36+,38+,41-,42-,43-,44-,45+,46-/m1/s1. The highest BCUT2D eigenvalue weighted by atomic mass is 16.6. The highest BCUT2D eigenvalue weighted by Gasteiger charge is 2.76. The minimum Gasteiger partial charge on any atom is -0.460 e. The van der Waals surface area contributed by atoms with Crippen molar-refractivity contribution in [2.45, 2.75) is 133 Å². The molecule has 0 spiro atoms. The molecule has 56 heavy (non-hydrogen) atoms. The van der Waals surface area contributed by atoms with Gasteiger partial charge in [0.2, 0.25) is 5.91 Å². The Hall–Kier alpha value is -3.24. The lowest BCUT2D eigenvalue weighted by molar-refractivity contribution is -0.269. The molecule has 1 unspecified atom stereocenters. The van der Waals surface area contributed by atoms with Gasteiger partial charge in [-0.2, -0.15) is 0 Å². The highest BCUT2D eigenvalue weighted by molar-refractivity contribution is 6.03. The van der Waals surface area contributed by atoms with Crippen molar-refractivity contribution in [3.8, 4) is 0 Å². The van der Waals surface area contributed by atoms with Crippen molar-refractivity contribution in [3.63, 3.8) is 0 Å². The topological polar surface area (TPSA) is 143 Å². The van der Waals surface area contributed by atoms with E-state index < -0.39 is 56.9 Å². The summed E-state index contributed by atoms with van der Waals surface area (Å²) in [6, 6.07) is 9.55. The monoisotopic (exact) mass is 776 g/mol. The van der Waals surface area contributed by atoms with E-state index in [1.165, 1.54) is 6.92 Å². The van der Waals surface area contributed by atoms with Crippen molar-refractivity contribution in [1.82, 2.24) is 5.32 Å². The van der Waals surface area contributed by atoms with Gasteiger partial charge in [0.25, 0.3) is 0 Å². The SMILES string of the molecule is CC(=O)O[C@@H]1C[C@@]23COC[C@](C)([C@@H]2CC[C@H]2C3=CC(=O)[C@]3(C)[C@]2(C)CCC(C)[C@]3(C(N)=O)[C@H](C)C(C)C)[C@H]1OC[C@@](C)(NC(=O)OCc1ccccc1)C(C)C. The summed E-state index contributed by atoms with van der Waals surface area (Å²) in [6.07, 6.45) is 4.00. The maximum Gasteiger partial charge on any atom is 0.407 e. The molecular formula is C46H68N2O8. The number of fused-ring (bicyclic) bond motifs is 3. The van der Waals surface area contributed by atoms with Gasteiger partial charge in [0, 0.05) is 17.8 Å². The van der Waals surface area contributed by atoms with E-state index in [2.05, 4.69) is 53.8 Å². The number of hydrogen-bond acceptors (Lipinski definition) is 8. The van der Waals surface area contributed by atoms with Gasteiger partial charge in [-0.3, -0.25) is 14.4 Å². The molecule has 6 rings (SSSR count). The molecule has 10 nitrogen and oxygen atoms in total. The van der Waals surface area contributed by atoms with Crippen LogP contribution in [0.5, 0.6) is 0 Å². The second-order valence-electron chi connectivity index (χ2n) is 19.9. The zero-order valence-corrected chi connectivity index (χ0v) is 35.8. The number of allylic oxidation sites excluding steroid dienone is 1. The van der Waals surface area contributed by atoms with Crippen LogP contribution < -0.4 is 11.1 Å². The molecule has 2 amide bonds. The Labute approximate surface area is 334 Å². The number of rotatable bonds is 11. The van der Waals surface area contributed by atoms with Crippen molar-refractivity contribution in [3.05, 3.63) is 47.5 Å². The van der Waals surface area contributed by atoms with Gasteiger partial charge >= 0.3 is 12.1 Å². The smallest absolute Gasteiger partial charge is 0.407 e. The maximum absolute atomic E-state index is 15.3. The predicted octanol–water partition coefficient (Wildman–Crippen LogP) is 7.81. The molecule has 1 heterocycles. The molecule has 0 aromatic heterocycles. The van der Waals surface area contributed by atoms with Gasteiger partial charge in [-0.25, -0.2) is 4.79 Å². The van der Waals surface area contributed by atoms with Gasteiger partial charge in [0.1, 0.15) is 18.8 Å². The molecule has 310 valence electrons. The zero-order valence-electron chi connectivity index (χ0n) is 35.8. The quantitative estimate of drug-likeness (QED) is 0.217. The van der Waals surface area contributed by atoms with Gasteiger partial charge in [-0.15, -0.1) is 0 Å². The van der Waals surface area contributed by atoms with Crippen LogP contribution in [0, 0.1) is 62.6 Å². The molecule has 0 radical (unpaired) electrons. The van der Waals surface area contributed by atoms with Crippen molar-refractivity contribution < 1.29 is 38.1 Å². The minimum absolute atomic E-state index is 0.0174. The molecular weight excluding hydrogens is 709 g/mol. The third-order valence-corrected chi connectivity index (χ3v) is 16.8. The number of ketones is 1. The molecule has 3 saturated carbocycles. The summed E-state index contributed by atoms with van der Waals surface area (Å²) < 4.78 is 25.4. The van der Waals surface area contributed by atoms with Crippen LogP contribution in [0.25, 0.3) is 0 Å². The van der Waals surface area contributed by atoms with E-state index >= 15 is 4.79 Å². The van der Waals surface area contributed by atoms with Gasteiger partial charge < -0.3 is 30.0 Å². The fraction of sp³-hybridized carbons (Fsp3) is 0.739. The molecule has 1 aromatic carbocycles. The van der Waals surface area contributed by atoms with E-state index in [9.17, 15) is 14.4 Å². The molecule has 1 saturated heterocycles. The average molecular weight is 777 g/mol. The van der Waals surface area contributed by atoms with Crippen LogP contribution in [-0.2, 0) is 39.9 Å². The number of carbonyl (C=O) groups excluding carboxylic acids is 4. The second kappa shape index (κ2) is 14.9. The van der Waals surface area contributed by atoms with Crippen molar-refractivity contribution in [2.75, 3.05) is 19.8 Å². The van der Waals surface area contributed by atoms with E-state index in [4.69, 9.17) is 24.7 Å². The van der Waals surface area contributed by atoms with E-state index in [-0.39, 0.29) is 60.4 Å². The Kier molecular flexibility index (Phi) is 11.2. The lowest BCUT2D eigenvalue weighted by Gasteiger charge is -2.72. The number of benzene rings is 1. The highest BCUT2D eigenvalue weighted by Crippen LogP contribution is 2.75. The first-order chi connectivity index (χ1) is 26.2.